The summed E-state index contributed by atoms with van der Waals surface area (Å²) in [5, 5.41) is 0. The number of fused-ring (bicyclic) bond motifs is 1. The van der Waals surface area contributed by atoms with E-state index in [-0.39, 0.29) is 11.5 Å². The molecule has 210 valence electrons. The van der Waals surface area contributed by atoms with Crippen molar-refractivity contribution in [2.24, 2.45) is 0 Å². The van der Waals surface area contributed by atoms with Gasteiger partial charge in [0.2, 0.25) is 0 Å². The van der Waals surface area contributed by atoms with Crippen LogP contribution in [0.3, 0.4) is 0 Å². The van der Waals surface area contributed by atoms with E-state index in [4.69, 9.17) is 14.0 Å². The van der Waals surface area contributed by atoms with Gasteiger partial charge in [-0.25, -0.2) is 4.79 Å². The van der Waals surface area contributed by atoms with Crippen molar-refractivity contribution >= 4 is 26.0 Å². The van der Waals surface area contributed by atoms with Crippen molar-refractivity contribution < 1.29 is 23.6 Å². The number of esters is 1. The first-order valence-corrected chi connectivity index (χ1v) is 14.4. The average molecular weight is 569 g/mol. The fourth-order valence-electron chi connectivity index (χ4n) is 5.25. The predicted molar refractivity (Wildman–Crippen MR) is 163 cm³/mol. The molecular formula is C33H33N2O5P. The maximum absolute atomic E-state index is 14.0. The van der Waals surface area contributed by atoms with Crippen LogP contribution in [0.25, 0.3) is 11.1 Å². The first kappa shape index (κ1) is 28.2. The number of rotatable bonds is 7. The van der Waals surface area contributed by atoms with Crippen LogP contribution in [0.2, 0.25) is 0 Å². The minimum atomic E-state index is -1.75. The number of amides is 1. The molecule has 1 amide bonds. The van der Waals surface area contributed by atoms with Gasteiger partial charge in [-0.15, -0.1) is 0 Å². The van der Waals surface area contributed by atoms with E-state index in [2.05, 4.69) is 6.07 Å². The Balaban J connectivity index is 1.72. The number of hydrogen-bond acceptors (Lipinski definition) is 6. The lowest BCUT2D eigenvalue weighted by molar-refractivity contribution is 0.0598. The average Bonchev–Trinajstić information content (AvgIpc) is 2.97. The van der Waals surface area contributed by atoms with E-state index in [9.17, 15) is 9.59 Å². The summed E-state index contributed by atoms with van der Waals surface area (Å²) >= 11 is 0. The molecule has 1 atom stereocenters. The van der Waals surface area contributed by atoms with Gasteiger partial charge in [0, 0.05) is 18.2 Å². The number of methoxy groups -OCH3 is 2. The van der Waals surface area contributed by atoms with Gasteiger partial charge in [0.1, 0.15) is 17.1 Å². The number of anilines is 1. The van der Waals surface area contributed by atoms with E-state index in [0.717, 1.165) is 33.5 Å². The summed E-state index contributed by atoms with van der Waals surface area (Å²) in [6.45, 7) is 6.27. The molecule has 1 aliphatic heterocycles. The molecule has 7 nitrogen and oxygen atoms in total. The zero-order valence-electron chi connectivity index (χ0n) is 24.1. The lowest BCUT2D eigenvalue weighted by Gasteiger charge is -2.41. The highest BCUT2D eigenvalue weighted by molar-refractivity contribution is 7.53. The minimum Gasteiger partial charge on any atom is -0.496 e. The molecule has 4 aromatic carbocycles. The van der Waals surface area contributed by atoms with Crippen LogP contribution in [0.4, 0.5) is 5.69 Å². The molecule has 1 aliphatic rings. The van der Waals surface area contributed by atoms with Crippen LogP contribution in [0.1, 0.15) is 43.0 Å². The summed E-state index contributed by atoms with van der Waals surface area (Å²) in [6, 6.07) is 25.1. The van der Waals surface area contributed by atoms with Crippen molar-refractivity contribution in [3.63, 3.8) is 0 Å². The van der Waals surface area contributed by atoms with Crippen LogP contribution < -0.4 is 13.9 Å². The molecule has 8 heteroatoms. The van der Waals surface area contributed by atoms with Gasteiger partial charge in [-0.3, -0.25) is 9.46 Å². The largest absolute Gasteiger partial charge is 0.496 e. The maximum Gasteiger partial charge on any atom is 0.341 e. The lowest BCUT2D eigenvalue weighted by atomic mass is 9.95. The topological polar surface area (TPSA) is 68.3 Å². The van der Waals surface area contributed by atoms with Crippen molar-refractivity contribution in [3.8, 4) is 22.6 Å². The van der Waals surface area contributed by atoms with Gasteiger partial charge < -0.3 is 18.7 Å². The summed E-state index contributed by atoms with van der Waals surface area (Å²) < 4.78 is 21.7. The number of aryl methyl sites for hydroxylation is 3. The molecule has 41 heavy (non-hydrogen) atoms. The zero-order chi connectivity index (χ0) is 29.3. The van der Waals surface area contributed by atoms with E-state index in [1.807, 2.05) is 99.2 Å². The van der Waals surface area contributed by atoms with Crippen LogP contribution in [0, 0.1) is 20.8 Å². The van der Waals surface area contributed by atoms with Crippen molar-refractivity contribution in [2.45, 2.75) is 27.3 Å². The van der Waals surface area contributed by atoms with Crippen molar-refractivity contribution in [2.75, 3.05) is 25.9 Å². The van der Waals surface area contributed by atoms with Gasteiger partial charge in [0.05, 0.1) is 32.0 Å². The molecule has 4 aromatic rings. The first-order valence-electron chi connectivity index (χ1n) is 13.3. The highest BCUT2D eigenvalue weighted by Crippen LogP contribution is 2.55. The van der Waals surface area contributed by atoms with Crippen LogP contribution in [-0.2, 0) is 11.3 Å². The van der Waals surface area contributed by atoms with Crippen molar-refractivity contribution in [1.29, 1.82) is 0 Å². The third-order valence-electron chi connectivity index (χ3n) is 7.08. The second-order valence-corrected chi connectivity index (χ2v) is 11.8. The Morgan fingerprint density at radius 2 is 1.44 bits per heavy atom. The highest BCUT2D eigenvalue weighted by Gasteiger charge is 2.40. The molecule has 0 bridgehead atoms. The third-order valence-corrected chi connectivity index (χ3v) is 8.89. The van der Waals surface area contributed by atoms with Gasteiger partial charge >= 0.3 is 14.4 Å². The number of benzene rings is 4. The highest BCUT2D eigenvalue weighted by atomic mass is 31.2. The monoisotopic (exact) mass is 568 g/mol. The second-order valence-electron chi connectivity index (χ2n) is 10.1. The van der Waals surface area contributed by atoms with Crippen LogP contribution in [0.5, 0.6) is 11.5 Å². The van der Waals surface area contributed by atoms with Crippen LogP contribution in [-0.4, -0.2) is 37.8 Å². The van der Waals surface area contributed by atoms with E-state index in [1.165, 1.54) is 7.11 Å². The van der Waals surface area contributed by atoms with Gasteiger partial charge in [-0.05, 0) is 73.4 Å². The smallest absolute Gasteiger partial charge is 0.341 e. The Labute approximate surface area is 242 Å². The maximum atomic E-state index is 14.0. The molecule has 0 spiro atoms. The van der Waals surface area contributed by atoms with Crippen LogP contribution in [0.15, 0.2) is 78.9 Å². The lowest BCUT2D eigenvalue weighted by Crippen LogP contribution is -2.38. The Morgan fingerprint density at radius 1 is 0.805 bits per heavy atom. The van der Waals surface area contributed by atoms with Crippen molar-refractivity contribution in [3.05, 3.63) is 112 Å². The molecule has 0 radical (unpaired) electrons. The number of hydrogen-bond donors (Lipinski definition) is 0. The Bertz CT molecular complexity index is 1620. The fraction of sp³-hybridized carbons (Fsp3) is 0.212. The third kappa shape index (κ3) is 5.38. The van der Waals surface area contributed by atoms with E-state index in [0.29, 0.717) is 29.2 Å². The fourth-order valence-corrected chi connectivity index (χ4v) is 7.06. The zero-order valence-corrected chi connectivity index (χ0v) is 25.0. The molecule has 0 aliphatic carbocycles. The summed E-state index contributed by atoms with van der Waals surface area (Å²) in [5.41, 5.74) is 6.98. The second kappa shape index (κ2) is 11.6. The van der Waals surface area contributed by atoms with Gasteiger partial charge in [0.15, 0.2) is 0 Å². The van der Waals surface area contributed by atoms with E-state index >= 15 is 0 Å². The van der Waals surface area contributed by atoms with E-state index in [1.54, 1.807) is 17.8 Å². The number of para-hydroxylation sites is 1. The molecule has 0 saturated carbocycles. The standard InChI is InChI=1S/C33H33N2O5P/c1-21-16-23(3)30(38-5)26(17-21)27-18-22(2)19-28(33(37)39-6)31(27)40-41-34(4)29-15-11-10-14-25(29)32(36)35(41)20-24-12-8-7-9-13-24/h7-19H,20H2,1-6H3. The number of ether oxygens (including phenoxy) is 2. The molecule has 1 unspecified atom stereocenters. The number of nitrogens with zero attached hydrogens (tertiary/aromatic N) is 2. The normalized spacial score (nSPS) is 14.5. The van der Waals surface area contributed by atoms with Crippen molar-refractivity contribution in [1.82, 2.24) is 4.67 Å². The molecule has 0 fully saturated rings. The quantitative estimate of drug-likeness (QED) is 0.170. The minimum absolute atomic E-state index is 0.133. The molecule has 0 N–H and O–H groups in total. The molecule has 0 aromatic heterocycles. The van der Waals surface area contributed by atoms with Gasteiger partial charge in [-0.1, -0.05) is 48.5 Å². The Kier molecular flexibility index (Phi) is 8.00. The molecule has 1 heterocycles. The Morgan fingerprint density at radius 3 is 2.12 bits per heavy atom. The number of carbonyl (C=O) groups is 2. The Hall–Kier alpha value is -4.35. The summed E-state index contributed by atoms with van der Waals surface area (Å²) in [5.74, 6) is 0.373. The van der Waals surface area contributed by atoms with E-state index < -0.39 is 14.4 Å². The van der Waals surface area contributed by atoms with Gasteiger partial charge in [0.25, 0.3) is 5.91 Å². The predicted octanol–water partition coefficient (Wildman–Crippen LogP) is 7.47. The summed E-state index contributed by atoms with van der Waals surface area (Å²) in [4.78, 5) is 27.2. The number of carbonyl (C=O) groups excluding carboxylic acids is 2. The summed E-state index contributed by atoms with van der Waals surface area (Å²) in [6.07, 6.45) is 0. The first-order chi connectivity index (χ1) is 19.7. The molecule has 5 rings (SSSR count). The summed E-state index contributed by atoms with van der Waals surface area (Å²) in [7, 11) is 3.16. The SMILES string of the molecule is COC(=O)c1cc(C)cc(-c2cc(C)cc(C)c2OC)c1OP1N(Cc2ccccc2)C(=O)c2ccccc2N1C. The van der Waals surface area contributed by atoms with Gasteiger partial charge in [-0.2, -0.15) is 0 Å². The van der Waals surface area contributed by atoms with Crippen LogP contribution >= 0.6 is 8.45 Å². The molecular weight excluding hydrogens is 535 g/mol. The molecule has 0 saturated heterocycles.